The van der Waals surface area contributed by atoms with Crippen LogP contribution >= 0.6 is 22.7 Å². The molecule has 4 aromatic rings. The zero-order chi connectivity index (χ0) is 36.0. The topological polar surface area (TPSA) is 172 Å². The van der Waals surface area contributed by atoms with Gasteiger partial charge >= 0.3 is 12.2 Å². The van der Waals surface area contributed by atoms with Crippen molar-refractivity contribution in [3.05, 3.63) is 104 Å². The summed E-state index contributed by atoms with van der Waals surface area (Å²) in [5.74, 6) is -0.673. The quantitative estimate of drug-likeness (QED) is 0.101. The Morgan fingerprint density at radius 3 is 1.84 bits per heavy atom. The molecule has 0 spiro atoms. The second-order valence-corrected chi connectivity index (χ2v) is 14.4. The van der Waals surface area contributed by atoms with Gasteiger partial charge in [0.1, 0.15) is 31.5 Å². The lowest BCUT2D eigenvalue weighted by molar-refractivity contribution is -0.126. The van der Waals surface area contributed by atoms with Crippen molar-refractivity contribution in [3.8, 4) is 0 Å². The van der Waals surface area contributed by atoms with E-state index in [-0.39, 0.29) is 37.9 Å². The summed E-state index contributed by atoms with van der Waals surface area (Å²) in [6, 6.07) is 15.4. The van der Waals surface area contributed by atoms with Gasteiger partial charge in [0.15, 0.2) is 0 Å². The van der Waals surface area contributed by atoms with E-state index >= 15 is 0 Å². The summed E-state index contributed by atoms with van der Waals surface area (Å²) in [6.45, 7) is 7.55. The van der Waals surface area contributed by atoms with Crippen LogP contribution in [0.15, 0.2) is 77.8 Å². The molecule has 0 aliphatic rings. The molecule has 0 bridgehead atoms. The lowest BCUT2D eigenvalue weighted by Crippen LogP contribution is -2.60. The maximum atomic E-state index is 13.8. The lowest BCUT2D eigenvalue weighted by atomic mass is 9.90. The molecule has 2 aromatic carbocycles. The fourth-order valence-corrected chi connectivity index (χ4v) is 6.46. The van der Waals surface area contributed by atoms with E-state index in [1.54, 1.807) is 25.6 Å². The lowest BCUT2D eigenvalue weighted by Gasteiger charge is -2.34. The molecule has 0 aliphatic carbocycles. The highest BCUT2D eigenvalue weighted by atomic mass is 32.1. The minimum absolute atomic E-state index is 0.00528. The first-order chi connectivity index (χ1) is 24.0. The summed E-state index contributed by atoms with van der Waals surface area (Å²) >= 11 is 2.83. The molecular weight excluding hydrogens is 679 g/mol. The van der Waals surface area contributed by atoms with Gasteiger partial charge in [-0.05, 0) is 29.9 Å². The molecule has 12 nitrogen and oxygen atoms in total. The molecule has 5 atom stereocenters. The van der Waals surface area contributed by atoms with E-state index in [4.69, 9.17) is 9.47 Å². The van der Waals surface area contributed by atoms with Crippen LogP contribution in [-0.2, 0) is 40.3 Å². The molecule has 2 heterocycles. The molecule has 50 heavy (non-hydrogen) atoms. The maximum Gasteiger partial charge on any atom is 0.408 e. The van der Waals surface area contributed by atoms with Crippen molar-refractivity contribution in [2.24, 2.45) is 5.92 Å². The predicted molar refractivity (Wildman–Crippen MR) is 192 cm³/mol. The third kappa shape index (κ3) is 11.9. The first kappa shape index (κ1) is 38.4. The van der Waals surface area contributed by atoms with E-state index in [0.717, 1.165) is 21.0 Å². The average Bonchev–Trinajstić information content (AvgIpc) is 3.81. The van der Waals surface area contributed by atoms with Crippen LogP contribution in [0.1, 0.15) is 60.3 Å². The largest absolute Gasteiger partial charge is 0.444 e. The summed E-state index contributed by atoms with van der Waals surface area (Å²) in [6.07, 6.45) is -2.75. The molecular formula is C36H45N5O7S2. The van der Waals surface area contributed by atoms with Gasteiger partial charge in [-0.1, -0.05) is 88.4 Å². The molecule has 268 valence electrons. The SMILES string of the molecule is CC(C)c1nc(COC(=O)N[C@H](C(=O)N[C@@H](Cc2ccccc2)[C@@H](O)[C@H](O)[C@H](Cc2ccccc2)NC(=O)OCc2cncs2)C(C)C)cs1. The van der Waals surface area contributed by atoms with Crippen LogP contribution in [0, 0.1) is 5.92 Å². The summed E-state index contributed by atoms with van der Waals surface area (Å²) in [4.78, 5) is 48.6. The van der Waals surface area contributed by atoms with E-state index in [0.29, 0.717) is 5.69 Å². The van der Waals surface area contributed by atoms with Crippen LogP contribution in [-0.4, -0.2) is 68.6 Å². The Balaban J connectivity index is 1.48. The second kappa shape index (κ2) is 19.1. The Morgan fingerprint density at radius 1 is 0.760 bits per heavy atom. The smallest absolute Gasteiger partial charge is 0.408 e. The van der Waals surface area contributed by atoms with Gasteiger partial charge in [0.2, 0.25) is 5.91 Å². The number of hydrogen-bond donors (Lipinski definition) is 5. The Hall–Kier alpha value is -4.37. The van der Waals surface area contributed by atoms with Crippen LogP contribution in [0.4, 0.5) is 9.59 Å². The minimum atomic E-state index is -1.55. The molecule has 0 unspecified atom stereocenters. The van der Waals surface area contributed by atoms with E-state index in [1.807, 2.05) is 79.9 Å². The zero-order valence-electron chi connectivity index (χ0n) is 28.5. The van der Waals surface area contributed by atoms with E-state index in [2.05, 4.69) is 25.9 Å². The fourth-order valence-electron chi connectivity index (χ4n) is 5.14. The van der Waals surface area contributed by atoms with Gasteiger partial charge in [0.25, 0.3) is 0 Å². The number of aliphatic hydroxyl groups excluding tert-OH is 2. The number of carbonyl (C=O) groups is 3. The number of benzene rings is 2. The summed E-state index contributed by atoms with van der Waals surface area (Å²) in [7, 11) is 0. The highest BCUT2D eigenvalue weighted by molar-refractivity contribution is 7.09. The van der Waals surface area contributed by atoms with E-state index in [1.165, 1.54) is 22.7 Å². The first-order valence-corrected chi connectivity index (χ1v) is 18.2. The molecule has 4 rings (SSSR count). The van der Waals surface area contributed by atoms with Crippen molar-refractivity contribution < 1.29 is 34.1 Å². The number of nitrogens with zero attached hydrogens (tertiary/aromatic N) is 2. The van der Waals surface area contributed by atoms with Crippen LogP contribution in [0.2, 0.25) is 0 Å². The van der Waals surface area contributed by atoms with Gasteiger partial charge < -0.3 is 35.6 Å². The van der Waals surface area contributed by atoms with Crippen molar-refractivity contribution in [3.63, 3.8) is 0 Å². The first-order valence-electron chi connectivity index (χ1n) is 16.4. The molecule has 0 aliphatic heterocycles. The van der Waals surface area contributed by atoms with Crippen molar-refractivity contribution >= 4 is 40.8 Å². The van der Waals surface area contributed by atoms with Crippen molar-refractivity contribution in [2.45, 2.75) is 90.0 Å². The van der Waals surface area contributed by atoms with Gasteiger partial charge in [-0.15, -0.1) is 22.7 Å². The third-order valence-electron chi connectivity index (χ3n) is 7.87. The number of ether oxygens (including phenoxy) is 2. The molecule has 3 amide bonds. The highest BCUT2D eigenvalue weighted by Gasteiger charge is 2.36. The fraction of sp³-hybridized carbons (Fsp3) is 0.417. The Labute approximate surface area is 300 Å². The predicted octanol–water partition coefficient (Wildman–Crippen LogP) is 4.96. The van der Waals surface area contributed by atoms with Crippen LogP contribution in [0.3, 0.4) is 0 Å². The van der Waals surface area contributed by atoms with Gasteiger partial charge in [-0.3, -0.25) is 9.78 Å². The maximum absolute atomic E-state index is 13.8. The minimum Gasteiger partial charge on any atom is -0.444 e. The van der Waals surface area contributed by atoms with Crippen LogP contribution in [0.25, 0.3) is 0 Å². The van der Waals surface area contributed by atoms with Gasteiger partial charge in [0.05, 0.1) is 33.2 Å². The number of thiazole rings is 2. The molecule has 0 radical (unpaired) electrons. The molecule has 0 saturated carbocycles. The Bertz CT molecular complexity index is 1620. The molecule has 2 aromatic heterocycles. The van der Waals surface area contributed by atoms with Crippen LogP contribution in [0.5, 0.6) is 0 Å². The summed E-state index contributed by atoms with van der Waals surface area (Å²) < 4.78 is 10.7. The Morgan fingerprint density at radius 2 is 1.32 bits per heavy atom. The number of amides is 3. The number of aliphatic hydroxyl groups is 2. The number of rotatable bonds is 17. The number of aromatic nitrogens is 2. The second-order valence-electron chi connectivity index (χ2n) is 12.5. The van der Waals surface area contributed by atoms with Crippen LogP contribution < -0.4 is 16.0 Å². The van der Waals surface area contributed by atoms with Gasteiger partial charge in [-0.2, -0.15) is 0 Å². The number of alkyl carbamates (subject to hydrolysis) is 2. The standard InChI is InChI=1S/C36H45N5O7S2/c1-22(2)30(41-36(46)47-18-26-20-49-34(38-26)23(3)4)33(44)39-28(15-24-11-7-5-8-12-24)31(42)32(43)29(16-25-13-9-6-10-14-25)40-35(45)48-19-27-17-37-21-50-27/h5-14,17,20-23,28-32,42-43H,15-16,18-19H2,1-4H3,(H,39,44)(H,40,45)(H,41,46)/t28-,29-,30-,31+,32+/m0/s1. The van der Waals surface area contributed by atoms with Crippen molar-refractivity contribution in [1.29, 1.82) is 0 Å². The molecule has 5 N–H and O–H groups in total. The molecule has 0 fully saturated rings. The van der Waals surface area contributed by atoms with Crippen molar-refractivity contribution in [1.82, 2.24) is 25.9 Å². The zero-order valence-corrected chi connectivity index (χ0v) is 30.2. The number of hydrogen-bond acceptors (Lipinski definition) is 11. The average molecular weight is 724 g/mol. The highest BCUT2D eigenvalue weighted by Crippen LogP contribution is 2.20. The monoisotopic (exact) mass is 723 g/mol. The van der Waals surface area contributed by atoms with E-state index in [9.17, 15) is 24.6 Å². The number of carbonyl (C=O) groups excluding carboxylic acids is 3. The van der Waals surface area contributed by atoms with Crippen molar-refractivity contribution in [2.75, 3.05) is 0 Å². The summed E-state index contributed by atoms with van der Waals surface area (Å²) in [5, 5.41) is 34.3. The molecule has 0 saturated heterocycles. The third-order valence-corrected chi connectivity index (χ3v) is 9.82. The van der Waals surface area contributed by atoms with E-state index < -0.39 is 48.4 Å². The number of nitrogens with one attached hydrogen (secondary N) is 3. The van der Waals surface area contributed by atoms with Gasteiger partial charge in [-0.25, -0.2) is 14.6 Å². The van der Waals surface area contributed by atoms with Gasteiger partial charge in [0, 0.05) is 17.5 Å². The Kier molecular flexibility index (Phi) is 14.7. The molecule has 14 heteroatoms. The normalized spacial score (nSPS) is 14.3. The summed E-state index contributed by atoms with van der Waals surface area (Å²) in [5.41, 5.74) is 3.84.